The van der Waals surface area contributed by atoms with Crippen molar-refractivity contribution in [3.63, 3.8) is 0 Å². The molecule has 19 heavy (non-hydrogen) atoms. The average molecular weight is 261 g/mol. The van der Waals surface area contributed by atoms with Crippen molar-refractivity contribution < 1.29 is 14.3 Å². The summed E-state index contributed by atoms with van der Waals surface area (Å²) < 4.78 is 5.26. The molecule has 0 aromatic heterocycles. The van der Waals surface area contributed by atoms with Crippen LogP contribution in [0.1, 0.15) is 36.2 Å². The van der Waals surface area contributed by atoms with Crippen molar-refractivity contribution in [2.75, 3.05) is 24.7 Å². The van der Waals surface area contributed by atoms with Gasteiger partial charge in [0, 0.05) is 19.8 Å². The van der Waals surface area contributed by atoms with Crippen LogP contribution in [0.4, 0.5) is 5.69 Å². The van der Waals surface area contributed by atoms with Gasteiger partial charge in [-0.3, -0.25) is 9.59 Å². The Hall–Kier alpha value is -1.68. The van der Waals surface area contributed by atoms with Crippen LogP contribution in [0.3, 0.4) is 0 Å². The highest BCUT2D eigenvalue weighted by Crippen LogP contribution is 2.30. The Bertz CT molecular complexity index is 496. The van der Waals surface area contributed by atoms with E-state index in [-0.39, 0.29) is 5.78 Å². The zero-order chi connectivity index (χ0) is 13.8. The van der Waals surface area contributed by atoms with Crippen LogP contribution in [0.25, 0.3) is 0 Å². The summed E-state index contributed by atoms with van der Waals surface area (Å²) in [6, 6.07) is 5.68. The quantitative estimate of drug-likeness (QED) is 0.582. The molecule has 4 nitrogen and oxygen atoms in total. The standard InChI is InChI=1S/C15H19NO3/c1-3-11-6-7-13-12(10-11)14(17)15(18)16(13)8-5-9-19-4-2/h6-7,10H,3-5,8-9H2,1-2H3. The number of carbonyl (C=O) groups excluding carboxylic acids is 2. The van der Waals surface area contributed by atoms with Gasteiger partial charge in [0.05, 0.1) is 11.3 Å². The minimum Gasteiger partial charge on any atom is -0.382 e. The van der Waals surface area contributed by atoms with E-state index in [1.807, 2.05) is 32.0 Å². The van der Waals surface area contributed by atoms with E-state index in [0.29, 0.717) is 25.3 Å². The second-order valence-corrected chi connectivity index (χ2v) is 4.54. The molecule has 0 atom stereocenters. The van der Waals surface area contributed by atoms with E-state index in [2.05, 4.69) is 0 Å². The van der Waals surface area contributed by atoms with Crippen molar-refractivity contribution in [1.29, 1.82) is 0 Å². The molecule has 1 aromatic carbocycles. The number of hydrogen-bond donors (Lipinski definition) is 0. The normalized spacial score (nSPS) is 14.1. The molecule has 1 heterocycles. The number of aryl methyl sites for hydroxylation is 1. The zero-order valence-corrected chi connectivity index (χ0v) is 11.4. The van der Waals surface area contributed by atoms with Crippen LogP contribution in [0, 0.1) is 0 Å². The van der Waals surface area contributed by atoms with E-state index >= 15 is 0 Å². The molecule has 0 spiro atoms. The number of carbonyl (C=O) groups is 2. The molecule has 0 fully saturated rings. The lowest BCUT2D eigenvalue weighted by Crippen LogP contribution is -2.31. The maximum Gasteiger partial charge on any atom is 0.299 e. The zero-order valence-electron chi connectivity index (χ0n) is 11.4. The molecule has 0 unspecified atom stereocenters. The van der Waals surface area contributed by atoms with Gasteiger partial charge >= 0.3 is 0 Å². The van der Waals surface area contributed by atoms with Gasteiger partial charge in [0.1, 0.15) is 0 Å². The summed E-state index contributed by atoms with van der Waals surface area (Å²) in [4.78, 5) is 25.5. The fourth-order valence-corrected chi connectivity index (χ4v) is 2.26. The summed E-state index contributed by atoms with van der Waals surface area (Å²) in [6.07, 6.45) is 1.60. The summed E-state index contributed by atoms with van der Waals surface area (Å²) in [5, 5.41) is 0. The third-order valence-corrected chi connectivity index (χ3v) is 3.32. The first-order valence-electron chi connectivity index (χ1n) is 6.75. The molecule has 2 rings (SSSR count). The lowest BCUT2D eigenvalue weighted by molar-refractivity contribution is -0.114. The molecule has 0 saturated heterocycles. The van der Waals surface area contributed by atoms with Crippen molar-refractivity contribution in [2.24, 2.45) is 0 Å². The molecular formula is C15H19NO3. The molecule has 1 aliphatic heterocycles. The topological polar surface area (TPSA) is 46.6 Å². The Balaban J connectivity index is 2.15. The number of anilines is 1. The molecule has 1 aliphatic rings. The number of Topliss-reactive ketones (excluding diaryl/α,β-unsaturated/α-hetero) is 1. The largest absolute Gasteiger partial charge is 0.382 e. The summed E-state index contributed by atoms with van der Waals surface area (Å²) in [5.41, 5.74) is 2.36. The maximum atomic E-state index is 12.0. The van der Waals surface area contributed by atoms with Gasteiger partial charge < -0.3 is 9.64 Å². The van der Waals surface area contributed by atoms with Crippen LogP contribution in [-0.4, -0.2) is 31.4 Å². The number of fused-ring (bicyclic) bond motifs is 1. The number of ketones is 1. The van der Waals surface area contributed by atoms with Crippen molar-refractivity contribution in [1.82, 2.24) is 0 Å². The minimum atomic E-state index is -0.417. The van der Waals surface area contributed by atoms with Crippen LogP contribution in [0.2, 0.25) is 0 Å². The van der Waals surface area contributed by atoms with E-state index < -0.39 is 5.91 Å². The predicted molar refractivity (Wildman–Crippen MR) is 73.6 cm³/mol. The second kappa shape index (κ2) is 5.97. The van der Waals surface area contributed by atoms with Crippen molar-refractivity contribution in [3.8, 4) is 0 Å². The lowest BCUT2D eigenvalue weighted by Gasteiger charge is -2.16. The Morgan fingerprint density at radius 1 is 1.21 bits per heavy atom. The van der Waals surface area contributed by atoms with Gasteiger partial charge in [-0.15, -0.1) is 0 Å². The molecule has 0 aliphatic carbocycles. The number of rotatable bonds is 6. The molecule has 0 N–H and O–H groups in total. The van der Waals surface area contributed by atoms with E-state index in [1.54, 1.807) is 4.90 Å². The highest BCUT2D eigenvalue weighted by atomic mass is 16.5. The average Bonchev–Trinajstić information content (AvgIpc) is 2.67. The predicted octanol–water partition coefficient (Wildman–Crippen LogP) is 2.20. The molecule has 1 aromatic rings. The second-order valence-electron chi connectivity index (χ2n) is 4.54. The van der Waals surface area contributed by atoms with Crippen molar-refractivity contribution in [2.45, 2.75) is 26.7 Å². The summed E-state index contributed by atoms with van der Waals surface area (Å²) in [7, 11) is 0. The summed E-state index contributed by atoms with van der Waals surface area (Å²) in [6.45, 7) is 5.78. The Morgan fingerprint density at radius 2 is 2.00 bits per heavy atom. The van der Waals surface area contributed by atoms with Crippen LogP contribution in [0.5, 0.6) is 0 Å². The Kier molecular flexibility index (Phi) is 4.32. The fraction of sp³-hybridized carbons (Fsp3) is 0.467. The van der Waals surface area contributed by atoms with E-state index in [0.717, 1.165) is 24.1 Å². The molecule has 102 valence electrons. The molecule has 4 heteroatoms. The fourth-order valence-electron chi connectivity index (χ4n) is 2.26. The first-order valence-corrected chi connectivity index (χ1v) is 6.75. The van der Waals surface area contributed by atoms with E-state index in [1.165, 1.54) is 0 Å². The monoisotopic (exact) mass is 261 g/mol. The van der Waals surface area contributed by atoms with Crippen LogP contribution >= 0.6 is 0 Å². The molecule has 1 amide bonds. The first kappa shape index (κ1) is 13.7. The minimum absolute atomic E-state index is 0.387. The van der Waals surface area contributed by atoms with Crippen LogP contribution < -0.4 is 4.90 Å². The Labute approximate surface area is 113 Å². The SMILES string of the molecule is CCOCCCN1C(=O)C(=O)c2cc(CC)ccc21. The number of nitrogens with zero attached hydrogens (tertiary/aromatic N) is 1. The number of hydrogen-bond acceptors (Lipinski definition) is 3. The Morgan fingerprint density at radius 3 is 2.68 bits per heavy atom. The highest BCUT2D eigenvalue weighted by Gasteiger charge is 2.35. The molecule has 0 radical (unpaired) electrons. The van der Waals surface area contributed by atoms with Crippen LogP contribution in [-0.2, 0) is 16.0 Å². The maximum absolute atomic E-state index is 12.0. The third-order valence-electron chi connectivity index (χ3n) is 3.32. The van der Waals surface area contributed by atoms with Gasteiger partial charge in [-0.05, 0) is 37.5 Å². The third kappa shape index (κ3) is 2.68. The van der Waals surface area contributed by atoms with Gasteiger partial charge in [0.15, 0.2) is 0 Å². The van der Waals surface area contributed by atoms with Crippen molar-refractivity contribution in [3.05, 3.63) is 29.3 Å². The summed E-state index contributed by atoms with van der Waals surface area (Å²) >= 11 is 0. The van der Waals surface area contributed by atoms with Gasteiger partial charge in [-0.1, -0.05) is 13.0 Å². The van der Waals surface area contributed by atoms with E-state index in [4.69, 9.17) is 4.74 Å². The first-order chi connectivity index (χ1) is 9.19. The summed E-state index contributed by atoms with van der Waals surface area (Å²) in [5.74, 6) is -0.804. The number of amides is 1. The van der Waals surface area contributed by atoms with Crippen LogP contribution in [0.15, 0.2) is 18.2 Å². The number of benzene rings is 1. The van der Waals surface area contributed by atoms with Gasteiger partial charge in [-0.25, -0.2) is 0 Å². The van der Waals surface area contributed by atoms with E-state index in [9.17, 15) is 9.59 Å². The van der Waals surface area contributed by atoms with Gasteiger partial charge in [-0.2, -0.15) is 0 Å². The lowest BCUT2D eigenvalue weighted by atomic mass is 10.1. The number of ether oxygens (including phenoxy) is 1. The van der Waals surface area contributed by atoms with Gasteiger partial charge in [0.25, 0.3) is 11.7 Å². The molecule has 0 saturated carbocycles. The highest BCUT2D eigenvalue weighted by molar-refractivity contribution is 6.52. The molecular weight excluding hydrogens is 242 g/mol. The van der Waals surface area contributed by atoms with Gasteiger partial charge in [0.2, 0.25) is 0 Å². The smallest absolute Gasteiger partial charge is 0.299 e. The molecule has 0 bridgehead atoms. The van der Waals surface area contributed by atoms with Crippen molar-refractivity contribution >= 4 is 17.4 Å².